The van der Waals surface area contributed by atoms with Gasteiger partial charge in [-0.2, -0.15) is 0 Å². The van der Waals surface area contributed by atoms with E-state index in [9.17, 15) is 0 Å². The Morgan fingerprint density at radius 1 is 0.963 bits per heavy atom. The molecule has 0 aliphatic carbocycles. The van der Waals surface area contributed by atoms with Crippen LogP contribution in [0.1, 0.15) is 50.0 Å². The molecule has 0 radical (unpaired) electrons. The summed E-state index contributed by atoms with van der Waals surface area (Å²) in [5, 5.41) is 1.19. The van der Waals surface area contributed by atoms with Crippen molar-refractivity contribution in [1.29, 1.82) is 0 Å². The van der Waals surface area contributed by atoms with Crippen LogP contribution < -0.4 is 0 Å². The summed E-state index contributed by atoms with van der Waals surface area (Å²) in [5.74, 6) is 1.13. The number of para-hydroxylation sites is 2. The fraction of sp³-hybridized carbons (Fsp3) is 0.409. The Hall–Kier alpha value is -1.55. The second kappa shape index (κ2) is 8.22. The van der Waals surface area contributed by atoms with E-state index in [1.807, 2.05) is 18.2 Å². The SMILES string of the molecule is CC(c1nc2ccccc2n1Cc1ccc(Cl)c(Cl)c1)N1CCCCCC1. The number of aromatic nitrogens is 2. The van der Waals surface area contributed by atoms with Gasteiger partial charge in [-0.05, 0) is 62.7 Å². The normalized spacial score (nSPS) is 17.1. The Morgan fingerprint density at radius 3 is 2.44 bits per heavy atom. The number of hydrogen-bond donors (Lipinski definition) is 0. The second-order valence-corrected chi connectivity index (χ2v) is 8.23. The van der Waals surface area contributed by atoms with Crippen molar-refractivity contribution in [3.05, 3.63) is 63.9 Å². The zero-order valence-electron chi connectivity index (χ0n) is 15.7. The summed E-state index contributed by atoms with van der Waals surface area (Å²) in [5.41, 5.74) is 3.35. The molecule has 2 aromatic carbocycles. The zero-order valence-corrected chi connectivity index (χ0v) is 17.2. The number of rotatable bonds is 4. The van der Waals surface area contributed by atoms with E-state index in [-0.39, 0.29) is 0 Å². The van der Waals surface area contributed by atoms with Crippen molar-refractivity contribution in [3.63, 3.8) is 0 Å². The third kappa shape index (κ3) is 4.01. The fourth-order valence-corrected chi connectivity index (χ4v) is 4.37. The molecular formula is C22H25Cl2N3. The van der Waals surface area contributed by atoms with Crippen molar-refractivity contribution in [2.24, 2.45) is 0 Å². The molecule has 1 aliphatic heterocycles. The first-order valence-corrected chi connectivity index (χ1v) is 10.5. The summed E-state index contributed by atoms with van der Waals surface area (Å²) < 4.78 is 2.34. The van der Waals surface area contributed by atoms with E-state index in [0.717, 1.165) is 36.5 Å². The monoisotopic (exact) mass is 401 g/mol. The number of benzene rings is 2. The molecule has 0 saturated carbocycles. The Kier molecular flexibility index (Phi) is 5.72. The number of nitrogens with zero attached hydrogens (tertiary/aromatic N) is 3. The molecule has 27 heavy (non-hydrogen) atoms. The highest BCUT2D eigenvalue weighted by Crippen LogP contribution is 2.29. The highest BCUT2D eigenvalue weighted by Gasteiger charge is 2.23. The molecular weight excluding hydrogens is 377 g/mol. The van der Waals surface area contributed by atoms with E-state index >= 15 is 0 Å². The van der Waals surface area contributed by atoms with Crippen molar-refractivity contribution >= 4 is 34.2 Å². The Morgan fingerprint density at radius 2 is 1.70 bits per heavy atom. The minimum Gasteiger partial charge on any atom is -0.322 e. The number of halogens is 2. The highest BCUT2D eigenvalue weighted by molar-refractivity contribution is 6.42. The average molecular weight is 402 g/mol. The van der Waals surface area contributed by atoms with E-state index in [4.69, 9.17) is 28.2 Å². The molecule has 1 unspecified atom stereocenters. The lowest BCUT2D eigenvalue weighted by Gasteiger charge is -2.27. The van der Waals surface area contributed by atoms with Crippen LogP contribution in [0.2, 0.25) is 10.0 Å². The van der Waals surface area contributed by atoms with E-state index < -0.39 is 0 Å². The summed E-state index contributed by atoms with van der Waals surface area (Å²) in [4.78, 5) is 7.60. The van der Waals surface area contributed by atoms with Gasteiger partial charge in [0.2, 0.25) is 0 Å². The fourth-order valence-electron chi connectivity index (χ4n) is 4.05. The summed E-state index contributed by atoms with van der Waals surface area (Å²) in [6.07, 6.45) is 5.22. The second-order valence-electron chi connectivity index (χ2n) is 7.42. The van der Waals surface area contributed by atoms with Gasteiger partial charge in [0.05, 0.1) is 27.1 Å². The molecule has 1 fully saturated rings. The summed E-state index contributed by atoms with van der Waals surface area (Å²) in [6, 6.07) is 14.5. The van der Waals surface area contributed by atoms with Crippen molar-refractivity contribution in [1.82, 2.24) is 14.5 Å². The first-order chi connectivity index (χ1) is 13.1. The Balaban J connectivity index is 1.73. The van der Waals surface area contributed by atoms with Crippen molar-refractivity contribution in [2.75, 3.05) is 13.1 Å². The van der Waals surface area contributed by atoms with Crippen LogP contribution in [-0.4, -0.2) is 27.5 Å². The molecule has 0 N–H and O–H groups in total. The van der Waals surface area contributed by atoms with Gasteiger partial charge in [-0.3, -0.25) is 4.90 Å². The topological polar surface area (TPSA) is 21.1 Å². The number of likely N-dealkylation sites (tertiary alicyclic amines) is 1. The molecule has 3 nitrogen and oxygen atoms in total. The minimum absolute atomic E-state index is 0.290. The number of hydrogen-bond acceptors (Lipinski definition) is 2. The largest absolute Gasteiger partial charge is 0.322 e. The molecule has 1 atom stereocenters. The van der Waals surface area contributed by atoms with Crippen LogP contribution in [-0.2, 0) is 6.54 Å². The lowest BCUT2D eigenvalue weighted by atomic mass is 10.2. The Labute approximate surface area is 170 Å². The number of imidazole rings is 1. The maximum absolute atomic E-state index is 6.25. The van der Waals surface area contributed by atoms with Gasteiger partial charge in [-0.25, -0.2) is 4.98 Å². The summed E-state index contributed by atoms with van der Waals surface area (Å²) in [6.45, 7) is 5.33. The van der Waals surface area contributed by atoms with Crippen LogP contribution >= 0.6 is 23.2 Å². The third-order valence-electron chi connectivity index (χ3n) is 5.57. The van der Waals surface area contributed by atoms with Gasteiger partial charge in [0.15, 0.2) is 0 Å². The quantitative estimate of drug-likeness (QED) is 0.509. The van der Waals surface area contributed by atoms with Gasteiger partial charge in [0.25, 0.3) is 0 Å². The standard InChI is InChI=1S/C22H25Cl2N3/c1-16(26-12-6-2-3-7-13-26)22-25-20-8-4-5-9-21(20)27(22)15-17-10-11-18(23)19(24)14-17/h4-5,8-11,14,16H,2-3,6-7,12-13,15H2,1H3. The van der Waals surface area contributed by atoms with E-state index in [1.54, 1.807) is 0 Å². The van der Waals surface area contributed by atoms with Crippen LogP contribution in [0, 0.1) is 0 Å². The lowest BCUT2D eigenvalue weighted by molar-refractivity contribution is 0.208. The first-order valence-electron chi connectivity index (χ1n) is 9.76. The first kappa shape index (κ1) is 18.8. The summed E-state index contributed by atoms with van der Waals surface area (Å²) in [7, 11) is 0. The van der Waals surface area contributed by atoms with Crippen LogP contribution in [0.4, 0.5) is 0 Å². The van der Waals surface area contributed by atoms with Gasteiger partial charge >= 0.3 is 0 Å². The lowest BCUT2D eigenvalue weighted by Crippen LogP contribution is -2.30. The van der Waals surface area contributed by atoms with Crippen LogP contribution in [0.25, 0.3) is 11.0 Å². The molecule has 4 rings (SSSR count). The maximum Gasteiger partial charge on any atom is 0.127 e. The van der Waals surface area contributed by atoms with Gasteiger partial charge in [-0.15, -0.1) is 0 Å². The molecule has 1 aliphatic rings. The summed E-state index contributed by atoms with van der Waals surface area (Å²) >= 11 is 12.3. The highest BCUT2D eigenvalue weighted by atomic mass is 35.5. The molecule has 2 heterocycles. The molecule has 142 valence electrons. The van der Waals surface area contributed by atoms with Crippen LogP contribution in [0.3, 0.4) is 0 Å². The maximum atomic E-state index is 6.25. The Bertz CT molecular complexity index is 926. The molecule has 3 aromatic rings. The molecule has 5 heteroatoms. The predicted octanol–water partition coefficient (Wildman–Crippen LogP) is 6.33. The van der Waals surface area contributed by atoms with Gasteiger partial charge < -0.3 is 4.57 Å². The molecule has 1 aromatic heterocycles. The smallest absolute Gasteiger partial charge is 0.127 e. The van der Waals surface area contributed by atoms with Crippen molar-refractivity contribution < 1.29 is 0 Å². The predicted molar refractivity (Wildman–Crippen MR) is 114 cm³/mol. The van der Waals surface area contributed by atoms with E-state index in [2.05, 4.69) is 40.7 Å². The molecule has 0 amide bonds. The molecule has 1 saturated heterocycles. The van der Waals surface area contributed by atoms with Gasteiger partial charge in [0, 0.05) is 6.54 Å². The average Bonchev–Trinajstić information content (AvgIpc) is 2.84. The van der Waals surface area contributed by atoms with E-state index in [1.165, 1.54) is 31.2 Å². The van der Waals surface area contributed by atoms with Crippen LogP contribution in [0.15, 0.2) is 42.5 Å². The number of fused-ring (bicyclic) bond motifs is 1. The molecule has 0 bridgehead atoms. The zero-order chi connectivity index (χ0) is 18.8. The van der Waals surface area contributed by atoms with Crippen LogP contribution in [0.5, 0.6) is 0 Å². The van der Waals surface area contributed by atoms with Crippen molar-refractivity contribution in [3.8, 4) is 0 Å². The third-order valence-corrected chi connectivity index (χ3v) is 6.31. The van der Waals surface area contributed by atoms with Gasteiger partial charge in [-0.1, -0.05) is 54.2 Å². The molecule has 0 spiro atoms. The minimum atomic E-state index is 0.290. The van der Waals surface area contributed by atoms with E-state index in [0.29, 0.717) is 16.1 Å². The van der Waals surface area contributed by atoms with Gasteiger partial charge in [0.1, 0.15) is 5.82 Å². The van der Waals surface area contributed by atoms with Crippen molar-refractivity contribution in [2.45, 2.75) is 45.2 Å².